The quantitative estimate of drug-likeness (QED) is 0.231. The molecule has 0 heterocycles. The Morgan fingerprint density at radius 2 is 0.844 bits per heavy atom. The van der Waals surface area contributed by atoms with Crippen LogP contribution in [0.3, 0.4) is 0 Å². The third-order valence-electron chi connectivity index (χ3n) is 6.13. The minimum absolute atomic E-state index is 0.587. The minimum Gasteiger partial charge on any atom is -0.0820 e. The van der Waals surface area contributed by atoms with Crippen LogP contribution in [0.15, 0.2) is 109 Å². The number of hydrogen-bond donors (Lipinski definition) is 0. The van der Waals surface area contributed by atoms with Crippen LogP contribution < -0.4 is 0 Å². The molecule has 6 aromatic carbocycles. The summed E-state index contributed by atoms with van der Waals surface area (Å²) in [5.74, 6) is 0. The van der Waals surface area contributed by atoms with Crippen molar-refractivity contribution in [1.29, 1.82) is 0 Å². The summed E-state index contributed by atoms with van der Waals surface area (Å²) < 4.78 is 0. The normalized spacial score (nSPS) is 11.4. The molecule has 6 rings (SSSR count). The zero-order valence-electron chi connectivity index (χ0n) is 17.1. The number of benzene rings is 6. The molecule has 0 spiro atoms. The van der Waals surface area contributed by atoms with Gasteiger partial charge in [0.05, 0.1) is 10.0 Å². The molecule has 0 aliphatic heterocycles. The van der Waals surface area contributed by atoms with Crippen LogP contribution in [-0.2, 0) is 0 Å². The molecule has 0 nitrogen and oxygen atoms in total. The van der Waals surface area contributed by atoms with Crippen LogP contribution in [0.2, 0.25) is 10.0 Å². The summed E-state index contributed by atoms with van der Waals surface area (Å²) in [7, 11) is 0. The summed E-state index contributed by atoms with van der Waals surface area (Å²) >= 11 is 13.9. The van der Waals surface area contributed by atoms with Crippen LogP contribution >= 0.6 is 23.2 Å². The topological polar surface area (TPSA) is 0 Å². The fourth-order valence-corrected chi connectivity index (χ4v) is 5.19. The summed E-state index contributed by atoms with van der Waals surface area (Å²) in [4.78, 5) is 0. The highest BCUT2D eigenvalue weighted by molar-refractivity contribution is 6.48. The molecule has 2 heteroatoms. The van der Waals surface area contributed by atoms with Gasteiger partial charge in [0.2, 0.25) is 0 Å². The standard InChI is InChI=1S/C30H18Cl2/c31-29-26-18-24-16-22-14-8-7-13-21(22)15-23(24)17-25(26)27(19-9-3-1-4-10-19)28(30(29)32)20-11-5-2-6-12-20/h1-18H. The lowest BCUT2D eigenvalue weighted by molar-refractivity contribution is 1.61. The first-order valence-corrected chi connectivity index (χ1v) is 11.3. The van der Waals surface area contributed by atoms with Crippen LogP contribution in [0.25, 0.3) is 54.6 Å². The van der Waals surface area contributed by atoms with E-state index in [1.807, 2.05) is 24.3 Å². The average molecular weight is 449 g/mol. The van der Waals surface area contributed by atoms with E-state index in [1.165, 1.54) is 16.2 Å². The van der Waals surface area contributed by atoms with Gasteiger partial charge >= 0.3 is 0 Å². The monoisotopic (exact) mass is 448 g/mol. The van der Waals surface area contributed by atoms with E-state index in [0.29, 0.717) is 10.0 Å². The van der Waals surface area contributed by atoms with Gasteiger partial charge in [0.25, 0.3) is 0 Å². The van der Waals surface area contributed by atoms with Crippen molar-refractivity contribution in [1.82, 2.24) is 0 Å². The molecule has 0 amide bonds. The highest BCUT2D eigenvalue weighted by Gasteiger charge is 2.20. The largest absolute Gasteiger partial charge is 0.0820 e. The van der Waals surface area contributed by atoms with Gasteiger partial charge in [0, 0.05) is 10.9 Å². The van der Waals surface area contributed by atoms with Crippen LogP contribution in [0.5, 0.6) is 0 Å². The van der Waals surface area contributed by atoms with E-state index in [2.05, 4.69) is 84.9 Å². The Morgan fingerprint density at radius 1 is 0.375 bits per heavy atom. The molecule has 32 heavy (non-hydrogen) atoms. The smallest absolute Gasteiger partial charge is 0.0683 e. The van der Waals surface area contributed by atoms with Crippen LogP contribution in [0.4, 0.5) is 0 Å². The maximum Gasteiger partial charge on any atom is 0.0683 e. The van der Waals surface area contributed by atoms with Crippen molar-refractivity contribution >= 4 is 55.5 Å². The van der Waals surface area contributed by atoms with E-state index in [1.54, 1.807) is 0 Å². The molecule has 0 atom stereocenters. The Morgan fingerprint density at radius 3 is 1.41 bits per heavy atom. The molecule has 0 fully saturated rings. The second kappa shape index (κ2) is 7.67. The molecule has 0 aliphatic rings. The minimum atomic E-state index is 0.587. The van der Waals surface area contributed by atoms with Gasteiger partial charge in [-0.15, -0.1) is 0 Å². The van der Waals surface area contributed by atoms with Crippen molar-refractivity contribution in [2.24, 2.45) is 0 Å². The Kier molecular flexibility index (Phi) is 4.64. The van der Waals surface area contributed by atoms with E-state index in [9.17, 15) is 0 Å². The molecule has 0 unspecified atom stereocenters. The predicted octanol–water partition coefficient (Wildman–Crippen LogP) is 9.79. The fourth-order valence-electron chi connectivity index (χ4n) is 4.63. The maximum atomic E-state index is 6.98. The zero-order valence-corrected chi connectivity index (χ0v) is 18.7. The molecular weight excluding hydrogens is 431 g/mol. The van der Waals surface area contributed by atoms with Crippen LogP contribution in [0, 0.1) is 0 Å². The van der Waals surface area contributed by atoms with Crippen molar-refractivity contribution in [2.45, 2.75) is 0 Å². The Bertz CT molecular complexity index is 1620. The third kappa shape index (κ3) is 3.07. The van der Waals surface area contributed by atoms with Crippen molar-refractivity contribution in [3.8, 4) is 22.3 Å². The Hall–Kier alpha value is -3.32. The first kappa shape index (κ1) is 19.4. The van der Waals surface area contributed by atoms with E-state index in [4.69, 9.17) is 23.2 Å². The summed E-state index contributed by atoms with van der Waals surface area (Å²) in [5.41, 5.74) is 4.25. The molecule has 152 valence electrons. The molecule has 0 aromatic heterocycles. The summed E-state index contributed by atoms with van der Waals surface area (Å²) in [6, 6.07) is 38.0. The van der Waals surface area contributed by atoms with Gasteiger partial charge in [0.15, 0.2) is 0 Å². The molecule has 0 radical (unpaired) electrons. The second-order valence-electron chi connectivity index (χ2n) is 8.05. The number of hydrogen-bond acceptors (Lipinski definition) is 0. The van der Waals surface area contributed by atoms with Crippen molar-refractivity contribution < 1.29 is 0 Å². The van der Waals surface area contributed by atoms with Gasteiger partial charge in [0.1, 0.15) is 0 Å². The number of rotatable bonds is 2. The number of halogens is 2. The lowest BCUT2D eigenvalue weighted by Gasteiger charge is -2.19. The lowest BCUT2D eigenvalue weighted by atomic mass is 9.88. The highest BCUT2D eigenvalue weighted by Crippen LogP contribution is 2.48. The lowest BCUT2D eigenvalue weighted by Crippen LogP contribution is -1.92. The first-order chi connectivity index (χ1) is 15.7. The van der Waals surface area contributed by atoms with Crippen molar-refractivity contribution in [2.75, 3.05) is 0 Å². The molecule has 0 N–H and O–H groups in total. The molecule has 0 saturated carbocycles. The SMILES string of the molecule is Clc1c(-c2ccccc2)c(-c2ccccc2)c2cc3cc4ccccc4cc3cc2c1Cl. The van der Waals surface area contributed by atoms with Crippen molar-refractivity contribution in [3.63, 3.8) is 0 Å². The Balaban J connectivity index is 1.81. The average Bonchev–Trinajstić information content (AvgIpc) is 2.85. The first-order valence-electron chi connectivity index (χ1n) is 10.6. The predicted molar refractivity (Wildman–Crippen MR) is 140 cm³/mol. The second-order valence-corrected chi connectivity index (χ2v) is 8.81. The molecule has 0 saturated heterocycles. The van der Waals surface area contributed by atoms with Gasteiger partial charge in [-0.25, -0.2) is 0 Å². The summed E-state index contributed by atoms with van der Waals surface area (Å²) in [5, 5.41) is 8.03. The van der Waals surface area contributed by atoms with Crippen LogP contribution in [-0.4, -0.2) is 0 Å². The highest BCUT2D eigenvalue weighted by atomic mass is 35.5. The van der Waals surface area contributed by atoms with E-state index in [0.717, 1.165) is 38.4 Å². The maximum absolute atomic E-state index is 6.98. The molecule has 0 bridgehead atoms. The van der Waals surface area contributed by atoms with Gasteiger partial charge in [-0.2, -0.15) is 0 Å². The zero-order chi connectivity index (χ0) is 21.7. The molecule has 6 aromatic rings. The molecular formula is C30H18Cl2. The van der Waals surface area contributed by atoms with Gasteiger partial charge in [-0.05, 0) is 67.9 Å². The fraction of sp³-hybridized carbons (Fsp3) is 0. The van der Waals surface area contributed by atoms with Gasteiger partial charge in [-0.3, -0.25) is 0 Å². The summed E-state index contributed by atoms with van der Waals surface area (Å²) in [6.07, 6.45) is 0. The van der Waals surface area contributed by atoms with E-state index >= 15 is 0 Å². The molecule has 0 aliphatic carbocycles. The van der Waals surface area contributed by atoms with Gasteiger partial charge in [-0.1, -0.05) is 108 Å². The summed E-state index contributed by atoms with van der Waals surface area (Å²) in [6.45, 7) is 0. The van der Waals surface area contributed by atoms with E-state index in [-0.39, 0.29) is 0 Å². The third-order valence-corrected chi connectivity index (χ3v) is 7.00. The Labute approximate surface area is 196 Å². The van der Waals surface area contributed by atoms with E-state index < -0.39 is 0 Å². The number of fused-ring (bicyclic) bond motifs is 3. The van der Waals surface area contributed by atoms with Gasteiger partial charge < -0.3 is 0 Å². The van der Waals surface area contributed by atoms with Crippen LogP contribution in [0.1, 0.15) is 0 Å². The van der Waals surface area contributed by atoms with Crippen molar-refractivity contribution in [3.05, 3.63) is 119 Å².